The highest BCUT2D eigenvalue weighted by Crippen LogP contribution is 2.27. The molecule has 0 heterocycles. The maximum atomic E-state index is 12.9. The molecule has 0 aliphatic heterocycles. The van der Waals surface area contributed by atoms with Gasteiger partial charge in [0.05, 0.1) is 10.0 Å². The number of hydrogen-bond acceptors (Lipinski definition) is 2. The summed E-state index contributed by atoms with van der Waals surface area (Å²) in [7, 11) is 0. The maximum Gasteiger partial charge on any atom is 0.220 e. The Balaban J connectivity index is 1.74. The molecule has 0 radical (unpaired) electrons. The van der Waals surface area contributed by atoms with Gasteiger partial charge in [-0.3, -0.25) is 4.79 Å². The van der Waals surface area contributed by atoms with Gasteiger partial charge in [0.2, 0.25) is 5.91 Å². The average Bonchev–Trinajstić information content (AvgIpc) is 2.56. The van der Waals surface area contributed by atoms with E-state index in [1.807, 2.05) is 6.07 Å². The third kappa shape index (κ3) is 6.00. The average molecular weight is 386 g/mol. The van der Waals surface area contributed by atoms with Crippen LogP contribution < -0.4 is 5.32 Å². The number of carbonyl (C=O) groups is 1. The number of hydrogen-bond donors (Lipinski definition) is 1. The van der Waals surface area contributed by atoms with Crippen LogP contribution >= 0.6 is 35.0 Å². The van der Waals surface area contributed by atoms with Gasteiger partial charge in [0.15, 0.2) is 0 Å². The molecular formula is C18H18Cl2FNOS. The van der Waals surface area contributed by atoms with Crippen LogP contribution in [0.4, 0.5) is 4.39 Å². The number of halogens is 3. The fourth-order valence-corrected chi connectivity index (χ4v) is 3.49. The number of amides is 1. The van der Waals surface area contributed by atoms with Gasteiger partial charge in [0.1, 0.15) is 5.82 Å². The van der Waals surface area contributed by atoms with Crippen molar-refractivity contribution in [2.24, 2.45) is 0 Å². The first-order valence-corrected chi connectivity index (χ1v) is 9.21. The second kappa shape index (κ2) is 9.30. The highest BCUT2D eigenvalue weighted by molar-refractivity contribution is 7.99. The third-order valence-electron chi connectivity index (χ3n) is 3.44. The molecule has 1 atom stereocenters. The van der Waals surface area contributed by atoms with Gasteiger partial charge >= 0.3 is 0 Å². The number of carbonyl (C=O) groups excluding carboxylic acids is 1. The summed E-state index contributed by atoms with van der Waals surface area (Å²) in [6, 6.07) is 11.7. The first kappa shape index (κ1) is 19.1. The minimum Gasteiger partial charge on any atom is -0.352 e. The van der Waals surface area contributed by atoms with Crippen LogP contribution in [0.15, 0.2) is 47.4 Å². The van der Waals surface area contributed by atoms with Crippen LogP contribution in [0.25, 0.3) is 0 Å². The van der Waals surface area contributed by atoms with Crippen LogP contribution in [0, 0.1) is 5.82 Å². The van der Waals surface area contributed by atoms with Gasteiger partial charge in [-0.2, -0.15) is 0 Å². The van der Waals surface area contributed by atoms with E-state index in [2.05, 4.69) is 12.2 Å². The second-order valence-corrected chi connectivity index (χ2v) is 7.71. The Morgan fingerprint density at radius 2 is 1.92 bits per heavy atom. The van der Waals surface area contributed by atoms with Crippen molar-refractivity contribution in [3.05, 3.63) is 63.9 Å². The largest absolute Gasteiger partial charge is 0.352 e. The van der Waals surface area contributed by atoms with Gasteiger partial charge in [-0.1, -0.05) is 42.3 Å². The summed E-state index contributed by atoms with van der Waals surface area (Å²) in [5.74, 6) is -0.274. The summed E-state index contributed by atoms with van der Waals surface area (Å²) in [4.78, 5) is 13.0. The minimum atomic E-state index is -0.244. The molecule has 0 saturated heterocycles. The van der Waals surface area contributed by atoms with Crippen molar-refractivity contribution in [2.45, 2.75) is 36.5 Å². The maximum absolute atomic E-state index is 12.9. The van der Waals surface area contributed by atoms with E-state index in [9.17, 15) is 9.18 Å². The van der Waals surface area contributed by atoms with Crippen LogP contribution in [-0.4, -0.2) is 11.2 Å². The molecule has 0 aromatic heterocycles. The molecule has 0 aliphatic carbocycles. The molecule has 1 N–H and O–H groups in total. The predicted octanol–water partition coefficient (Wildman–Crippen LogP) is 5.71. The Hall–Kier alpha value is -1.23. The molecule has 2 rings (SSSR count). The van der Waals surface area contributed by atoms with E-state index in [4.69, 9.17) is 23.2 Å². The van der Waals surface area contributed by atoms with Gasteiger partial charge in [-0.05, 0) is 42.3 Å². The molecule has 0 spiro atoms. The Morgan fingerprint density at radius 1 is 1.21 bits per heavy atom. The molecule has 128 valence electrons. The van der Waals surface area contributed by atoms with Gasteiger partial charge < -0.3 is 5.32 Å². The highest BCUT2D eigenvalue weighted by atomic mass is 35.5. The van der Waals surface area contributed by atoms with Crippen LogP contribution in [0.5, 0.6) is 0 Å². The molecule has 2 aromatic rings. The van der Waals surface area contributed by atoms with Gasteiger partial charge in [-0.15, -0.1) is 11.8 Å². The Bertz CT molecular complexity index is 694. The zero-order valence-electron chi connectivity index (χ0n) is 13.2. The molecule has 2 aromatic carbocycles. The normalized spacial score (nSPS) is 12.0. The van der Waals surface area contributed by atoms with Gasteiger partial charge in [-0.25, -0.2) is 4.39 Å². The summed E-state index contributed by atoms with van der Waals surface area (Å²) in [5, 5.41) is 4.06. The number of benzene rings is 2. The molecule has 0 fully saturated rings. The minimum absolute atomic E-state index is 0.0300. The fourth-order valence-electron chi connectivity index (χ4n) is 2.11. The van der Waals surface area contributed by atoms with E-state index in [0.29, 0.717) is 23.0 Å². The SMILES string of the molecule is CC(CCC(=O)NCc1cccc(Cl)c1Cl)Sc1ccc(F)cc1. The lowest BCUT2D eigenvalue weighted by Crippen LogP contribution is -2.23. The summed E-state index contributed by atoms with van der Waals surface area (Å²) in [5.41, 5.74) is 0.797. The van der Waals surface area contributed by atoms with E-state index in [1.165, 1.54) is 12.1 Å². The molecular weight excluding hydrogens is 368 g/mol. The van der Waals surface area contributed by atoms with Crippen molar-refractivity contribution in [1.29, 1.82) is 0 Å². The van der Waals surface area contributed by atoms with Crippen LogP contribution in [0.2, 0.25) is 10.0 Å². The van der Waals surface area contributed by atoms with Crippen molar-refractivity contribution in [2.75, 3.05) is 0 Å². The lowest BCUT2D eigenvalue weighted by Gasteiger charge is -2.12. The molecule has 0 saturated carbocycles. The van der Waals surface area contributed by atoms with E-state index < -0.39 is 0 Å². The van der Waals surface area contributed by atoms with Crippen LogP contribution in [0.1, 0.15) is 25.3 Å². The van der Waals surface area contributed by atoms with Crippen molar-refractivity contribution in [3.63, 3.8) is 0 Å². The van der Waals surface area contributed by atoms with E-state index in [1.54, 1.807) is 36.0 Å². The summed E-state index contributed by atoms with van der Waals surface area (Å²) in [6.07, 6.45) is 1.16. The molecule has 1 unspecified atom stereocenters. The number of rotatable bonds is 7. The fraction of sp³-hybridized carbons (Fsp3) is 0.278. The highest BCUT2D eigenvalue weighted by Gasteiger charge is 2.10. The van der Waals surface area contributed by atoms with Crippen molar-refractivity contribution < 1.29 is 9.18 Å². The monoisotopic (exact) mass is 385 g/mol. The number of thioether (sulfide) groups is 1. The molecule has 24 heavy (non-hydrogen) atoms. The quantitative estimate of drug-likeness (QED) is 0.618. The predicted molar refractivity (Wildman–Crippen MR) is 99.3 cm³/mol. The Kier molecular flexibility index (Phi) is 7.40. The first-order valence-electron chi connectivity index (χ1n) is 7.57. The van der Waals surface area contributed by atoms with Crippen LogP contribution in [-0.2, 0) is 11.3 Å². The van der Waals surface area contributed by atoms with Crippen molar-refractivity contribution in [1.82, 2.24) is 5.32 Å². The van der Waals surface area contributed by atoms with Gasteiger partial charge in [0.25, 0.3) is 0 Å². The lowest BCUT2D eigenvalue weighted by atomic mass is 10.2. The number of nitrogens with one attached hydrogen (secondary N) is 1. The zero-order chi connectivity index (χ0) is 17.5. The summed E-state index contributed by atoms with van der Waals surface area (Å²) >= 11 is 13.7. The smallest absolute Gasteiger partial charge is 0.220 e. The molecule has 1 amide bonds. The molecule has 6 heteroatoms. The molecule has 0 bridgehead atoms. The van der Waals surface area contributed by atoms with Crippen LogP contribution in [0.3, 0.4) is 0 Å². The molecule has 0 aliphatic rings. The second-order valence-electron chi connectivity index (χ2n) is 5.41. The molecule has 2 nitrogen and oxygen atoms in total. The lowest BCUT2D eigenvalue weighted by molar-refractivity contribution is -0.121. The standard InChI is InChI=1S/C18H18Cl2FNOS/c1-12(24-15-8-6-14(21)7-9-15)5-10-17(23)22-11-13-3-2-4-16(19)18(13)20/h2-4,6-9,12H,5,10-11H2,1H3,(H,22,23). The summed E-state index contributed by atoms with van der Waals surface area (Å²) < 4.78 is 12.9. The van der Waals surface area contributed by atoms with Crippen molar-refractivity contribution in [3.8, 4) is 0 Å². The Morgan fingerprint density at radius 3 is 2.62 bits per heavy atom. The topological polar surface area (TPSA) is 29.1 Å². The van der Waals surface area contributed by atoms with Gasteiger partial charge in [0, 0.05) is 23.1 Å². The van der Waals surface area contributed by atoms with Crippen molar-refractivity contribution >= 4 is 40.9 Å². The third-order valence-corrected chi connectivity index (χ3v) is 5.48. The Labute approximate surface area is 155 Å². The summed E-state index contributed by atoms with van der Waals surface area (Å²) in [6.45, 7) is 2.41. The first-order chi connectivity index (χ1) is 11.5. The van der Waals surface area contributed by atoms with E-state index >= 15 is 0 Å². The zero-order valence-corrected chi connectivity index (χ0v) is 15.5. The van der Waals surface area contributed by atoms with E-state index in [-0.39, 0.29) is 17.0 Å². The van der Waals surface area contributed by atoms with E-state index in [0.717, 1.165) is 16.9 Å².